The summed E-state index contributed by atoms with van der Waals surface area (Å²) >= 11 is 3.02. The van der Waals surface area contributed by atoms with Gasteiger partial charge in [0.15, 0.2) is 11.6 Å². The van der Waals surface area contributed by atoms with Gasteiger partial charge in [0.05, 0.1) is 22.8 Å². The Hall–Kier alpha value is -3.71. The lowest BCUT2D eigenvalue weighted by Gasteiger charge is -2.16. The third kappa shape index (κ3) is 4.15. The summed E-state index contributed by atoms with van der Waals surface area (Å²) in [6.45, 7) is -0.350. The van der Waals surface area contributed by atoms with Crippen LogP contribution in [0, 0.1) is 5.82 Å². The molecule has 1 aromatic heterocycles. The second-order valence-electron chi connectivity index (χ2n) is 7.12. The van der Waals surface area contributed by atoms with Crippen molar-refractivity contribution in [3.05, 3.63) is 63.6 Å². The van der Waals surface area contributed by atoms with Crippen molar-refractivity contribution in [2.45, 2.75) is 11.5 Å². The van der Waals surface area contributed by atoms with Crippen LogP contribution < -0.4 is 15.2 Å². The Morgan fingerprint density at radius 3 is 2.68 bits per heavy atom. The fourth-order valence-electron chi connectivity index (χ4n) is 3.36. The van der Waals surface area contributed by atoms with E-state index in [2.05, 4.69) is 25.6 Å². The zero-order chi connectivity index (χ0) is 24.8. The standard InChI is InChI=1S/C21H15BrFN3O7S/c1-32-19-14(23)3-9-4-15(19)26-34(30,31)17-5-10(2-13(22)18(17)27)21(29)33-8-11-7-25-16(20(24)28)6-12(9)11/h2-7,26-27H,8H2,1H3,(H2,24,28). The number of rotatable bonds is 2. The van der Waals surface area contributed by atoms with Crippen LogP contribution >= 0.6 is 15.9 Å². The van der Waals surface area contributed by atoms with Gasteiger partial charge in [0, 0.05) is 11.8 Å². The van der Waals surface area contributed by atoms with Gasteiger partial charge in [-0.3, -0.25) is 14.5 Å². The molecule has 4 rings (SSSR count). The van der Waals surface area contributed by atoms with Gasteiger partial charge in [-0.2, -0.15) is 0 Å². The minimum absolute atomic E-state index is 0.0859. The van der Waals surface area contributed by atoms with Crippen LogP contribution in [0.4, 0.5) is 10.1 Å². The number of pyridine rings is 1. The quantitative estimate of drug-likeness (QED) is 0.410. The maximum absolute atomic E-state index is 15.0. The largest absolute Gasteiger partial charge is 0.505 e. The van der Waals surface area contributed by atoms with E-state index in [9.17, 15) is 27.5 Å². The summed E-state index contributed by atoms with van der Waals surface area (Å²) in [5, 5.41) is 10.3. The first-order valence-electron chi connectivity index (χ1n) is 9.41. The number of amides is 1. The van der Waals surface area contributed by atoms with Gasteiger partial charge in [-0.05, 0) is 57.4 Å². The van der Waals surface area contributed by atoms with Gasteiger partial charge in [-0.15, -0.1) is 0 Å². The van der Waals surface area contributed by atoms with E-state index in [0.717, 1.165) is 19.2 Å². The summed E-state index contributed by atoms with van der Waals surface area (Å²) < 4.78 is 53.6. The molecular weight excluding hydrogens is 537 g/mol. The van der Waals surface area contributed by atoms with E-state index in [-0.39, 0.29) is 44.7 Å². The number of halogens is 2. The number of hydrogen-bond acceptors (Lipinski definition) is 8. The number of ether oxygens (including phenoxy) is 2. The molecule has 0 fully saturated rings. The van der Waals surface area contributed by atoms with Crippen molar-refractivity contribution < 1.29 is 37.0 Å². The number of cyclic esters (lactones) is 1. The lowest BCUT2D eigenvalue weighted by molar-refractivity contribution is 0.0472. The number of phenolic OH excluding ortho intramolecular Hbond substituents is 1. The van der Waals surface area contributed by atoms with Crippen molar-refractivity contribution in [1.29, 1.82) is 0 Å². The number of carbonyl (C=O) groups is 2. The van der Waals surface area contributed by atoms with Gasteiger partial charge < -0.3 is 20.3 Å². The molecule has 0 unspecified atom stereocenters. The maximum atomic E-state index is 15.0. The Labute approximate surface area is 200 Å². The first-order chi connectivity index (χ1) is 16.0. The van der Waals surface area contributed by atoms with Crippen molar-refractivity contribution in [2.75, 3.05) is 11.8 Å². The molecule has 1 aliphatic rings. The summed E-state index contributed by atoms with van der Waals surface area (Å²) in [6.07, 6.45) is 1.24. The molecule has 176 valence electrons. The second-order valence-corrected chi connectivity index (χ2v) is 9.62. The van der Waals surface area contributed by atoms with E-state index in [1.165, 1.54) is 24.4 Å². The lowest BCUT2D eigenvalue weighted by Crippen LogP contribution is -2.15. The number of nitrogens with two attached hydrogens (primary N) is 1. The topological polar surface area (TPSA) is 158 Å². The third-order valence-corrected chi connectivity index (χ3v) is 6.94. The SMILES string of the molecule is COc1c(F)cc2cc1NS(=O)(=O)c1cc(cc(Br)c1O)C(=O)OCc1cnc(C(N)=O)cc1-2. The van der Waals surface area contributed by atoms with Crippen LogP contribution in [0.15, 0.2) is 45.9 Å². The van der Waals surface area contributed by atoms with Crippen LogP contribution in [-0.4, -0.2) is 37.5 Å². The monoisotopic (exact) mass is 551 g/mol. The Balaban J connectivity index is 2.04. The van der Waals surface area contributed by atoms with E-state index >= 15 is 0 Å². The Kier molecular flexibility index (Phi) is 5.91. The molecule has 13 heteroatoms. The normalized spacial score (nSPS) is 14.4. The number of anilines is 1. The molecule has 1 amide bonds. The number of methoxy groups -OCH3 is 1. The first-order valence-corrected chi connectivity index (χ1v) is 11.7. The average molecular weight is 552 g/mol. The minimum atomic E-state index is -4.55. The zero-order valence-electron chi connectivity index (χ0n) is 17.3. The molecule has 3 aromatic rings. The van der Waals surface area contributed by atoms with E-state index in [1.54, 1.807) is 0 Å². The van der Waals surface area contributed by atoms with Gasteiger partial charge in [0.2, 0.25) is 0 Å². The molecule has 1 aliphatic heterocycles. The highest BCUT2D eigenvalue weighted by molar-refractivity contribution is 9.10. The number of carbonyl (C=O) groups excluding carboxylic acids is 2. The van der Waals surface area contributed by atoms with Gasteiger partial charge in [-0.1, -0.05) is 0 Å². The van der Waals surface area contributed by atoms with E-state index < -0.39 is 44.1 Å². The van der Waals surface area contributed by atoms with Crippen molar-refractivity contribution in [1.82, 2.24) is 4.98 Å². The summed E-state index contributed by atoms with van der Waals surface area (Å²) in [5.41, 5.74) is 5.31. The number of benzene rings is 2. The maximum Gasteiger partial charge on any atom is 0.338 e. The molecule has 10 nitrogen and oxygen atoms in total. The van der Waals surface area contributed by atoms with Crippen LogP contribution in [0.2, 0.25) is 0 Å². The number of sulfonamides is 1. The highest BCUT2D eigenvalue weighted by atomic mass is 79.9. The number of phenols is 1. The fourth-order valence-corrected chi connectivity index (χ4v) is 5.15. The summed E-state index contributed by atoms with van der Waals surface area (Å²) in [5.74, 6) is -3.78. The van der Waals surface area contributed by atoms with Crippen LogP contribution in [0.1, 0.15) is 26.4 Å². The van der Waals surface area contributed by atoms with E-state index in [1.807, 2.05) is 0 Å². The molecule has 0 atom stereocenters. The number of nitrogens with zero attached hydrogens (tertiary/aromatic N) is 1. The number of aromatic hydroxyl groups is 1. The average Bonchev–Trinajstić information content (AvgIpc) is 2.78. The third-order valence-electron chi connectivity index (χ3n) is 4.95. The molecular formula is C21H15BrFN3O7S. The smallest absolute Gasteiger partial charge is 0.338 e. The zero-order valence-corrected chi connectivity index (χ0v) is 19.7. The fraction of sp³-hybridized carbons (Fsp3) is 0.0952. The Morgan fingerprint density at radius 2 is 2.00 bits per heavy atom. The molecule has 0 radical (unpaired) electrons. The van der Waals surface area contributed by atoms with Gasteiger partial charge >= 0.3 is 5.97 Å². The van der Waals surface area contributed by atoms with Crippen molar-refractivity contribution >= 4 is 43.5 Å². The molecule has 0 saturated carbocycles. The summed E-state index contributed by atoms with van der Waals surface area (Å²) in [7, 11) is -3.41. The highest BCUT2D eigenvalue weighted by Gasteiger charge is 2.27. The Morgan fingerprint density at radius 1 is 1.26 bits per heavy atom. The molecule has 0 spiro atoms. The minimum Gasteiger partial charge on any atom is -0.505 e. The molecule has 4 bridgehead atoms. The van der Waals surface area contributed by atoms with Crippen LogP contribution in [-0.2, 0) is 21.4 Å². The first kappa shape index (κ1) is 23.4. The molecule has 0 aliphatic carbocycles. The predicted molar refractivity (Wildman–Crippen MR) is 120 cm³/mol. The number of aromatic nitrogens is 1. The van der Waals surface area contributed by atoms with Gasteiger partial charge in [0.25, 0.3) is 15.9 Å². The van der Waals surface area contributed by atoms with E-state index in [4.69, 9.17) is 15.2 Å². The number of fused-ring (bicyclic) bond motifs is 6. The van der Waals surface area contributed by atoms with Crippen molar-refractivity contribution in [3.8, 4) is 22.6 Å². The second kappa shape index (κ2) is 8.57. The molecule has 0 saturated heterocycles. The van der Waals surface area contributed by atoms with Crippen LogP contribution in [0.25, 0.3) is 11.1 Å². The molecule has 34 heavy (non-hydrogen) atoms. The van der Waals surface area contributed by atoms with Crippen LogP contribution in [0.3, 0.4) is 0 Å². The molecule has 2 heterocycles. The number of esters is 1. The van der Waals surface area contributed by atoms with Crippen molar-refractivity contribution in [3.63, 3.8) is 0 Å². The number of primary amides is 1. The van der Waals surface area contributed by atoms with Crippen LogP contribution in [0.5, 0.6) is 11.5 Å². The Bertz CT molecular complexity index is 1480. The number of nitrogens with one attached hydrogen (secondary N) is 1. The van der Waals surface area contributed by atoms with Gasteiger partial charge in [0.1, 0.15) is 22.9 Å². The highest BCUT2D eigenvalue weighted by Crippen LogP contribution is 2.39. The predicted octanol–water partition coefficient (Wildman–Crippen LogP) is 2.93. The lowest BCUT2D eigenvalue weighted by atomic mass is 9.99. The summed E-state index contributed by atoms with van der Waals surface area (Å²) in [4.78, 5) is 27.6. The van der Waals surface area contributed by atoms with E-state index in [0.29, 0.717) is 0 Å². The molecule has 2 aromatic carbocycles. The van der Waals surface area contributed by atoms with Crippen molar-refractivity contribution in [2.24, 2.45) is 5.73 Å². The molecule has 4 N–H and O–H groups in total. The summed E-state index contributed by atoms with van der Waals surface area (Å²) in [6, 6.07) is 5.69. The van der Waals surface area contributed by atoms with Gasteiger partial charge in [-0.25, -0.2) is 17.6 Å². The number of hydrogen-bond donors (Lipinski definition) is 3.